The highest BCUT2D eigenvalue weighted by Gasteiger charge is 2.11. The maximum Gasteiger partial charge on any atom is 0.269 e. The van der Waals surface area contributed by atoms with Gasteiger partial charge in [-0.1, -0.05) is 15.9 Å². The van der Waals surface area contributed by atoms with Crippen LogP contribution in [0.25, 0.3) is 6.08 Å². The first kappa shape index (κ1) is 18.1. The average Bonchev–Trinajstić information content (AvgIpc) is 2.52. The van der Waals surface area contributed by atoms with Crippen molar-refractivity contribution in [3.05, 3.63) is 82.9 Å². The van der Waals surface area contributed by atoms with Crippen LogP contribution in [0.2, 0.25) is 0 Å². The van der Waals surface area contributed by atoms with Crippen molar-refractivity contribution in [2.45, 2.75) is 6.61 Å². The zero-order valence-corrected chi connectivity index (χ0v) is 15.2. The molecule has 0 bridgehead atoms. The molecule has 2 aromatic rings. The van der Waals surface area contributed by atoms with Crippen LogP contribution in [-0.2, 0) is 6.61 Å². The van der Waals surface area contributed by atoms with E-state index in [1.54, 1.807) is 24.3 Å². The van der Waals surface area contributed by atoms with Gasteiger partial charge in [-0.25, -0.2) is 0 Å². The van der Waals surface area contributed by atoms with E-state index in [4.69, 9.17) is 4.74 Å². The summed E-state index contributed by atoms with van der Waals surface area (Å²) in [6, 6.07) is 9.42. The second kappa shape index (κ2) is 8.02. The van der Waals surface area contributed by atoms with Crippen molar-refractivity contribution in [2.75, 3.05) is 0 Å². The van der Waals surface area contributed by atoms with E-state index in [-0.39, 0.29) is 12.3 Å². The van der Waals surface area contributed by atoms with Crippen molar-refractivity contribution in [3.8, 4) is 5.75 Å². The van der Waals surface area contributed by atoms with E-state index < -0.39 is 9.85 Å². The van der Waals surface area contributed by atoms with Crippen LogP contribution in [0.3, 0.4) is 0 Å². The summed E-state index contributed by atoms with van der Waals surface area (Å²) in [6.07, 6.45) is 2.16. The Morgan fingerprint density at radius 3 is 2.33 bits per heavy atom. The predicted molar refractivity (Wildman–Crippen MR) is 95.3 cm³/mol. The second-order valence-corrected chi connectivity index (χ2v) is 6.39. The standard InChI is InChI=1S/C15H10Br2N2O5/c16-12-7-11(5-6-18(20)21)15(14(17)8-12)24-9-10-1-3-13(4-2-10)19(22)23/h1-8H,9H2/b6-5-. The van der Waals surface area contributed by atoms with Gasteiger partial charge in [0.2, 0.25) is 6.20 Å². The summed E-state index contributed by atoms with van der Waals surface area (Å²) in [5.74, 6) is 0.439. The Balaban J connectivity index is 2.22. The minimum absolute atomic E-state index is 0.00169. The fourth-order valence-corrected chi connectivity index (χ4v) is 3.24. The van der Waals surface area contributed by atoms with Crippen LogP contribution in [0.4, 0.5) is 5.69 Å². The Morgan fingerprint density at radius 2 is 1.75 bits per heavy atom. The van der Waals surface area contributed by atoms with Crippen molar-refractivity contribution >= 4 is 43.6 Å². The molecule has 0 spiro atoms. The Hall–Kier alpha value is -2.26. The molecule has 0 radical (unpaired) electrons. The molecule has 2 aromatic carbocycles. The zero-order valence-electron chi connectivity index (χ0n) is 12.0. The van der Waals surface area contributed by atoms with Crippen LogP contribution >= 0.6 is 31.9 Å². The molecule has 7 nitrogen and oxygen atoms in total. The molecule has 0 unspecified atom stereocenters. The van der Waals surface area contributed by atoms with Crippen molar-refractivity contribution in [1.29, 1.82) is 0 Å². The van der Waals surface area contributed by atoms with Gasteiger partial charge in [0.05, 0.1) is 14.3 Å². The minimum Gasteiger partial charge on any atom is -0.487 e. The van der Waals surface area contributed by atoms with Gasteiger partial charge in [-0.2, -0.15) is 0 Å². The van der Waals surface area contributed by atoms with Crippen LogP contribution in [0.5, 0.6) is 5.75 Å². The molecule has 0 aliphatic rings. The van der Waals surface area contributed by atoms with E-state index >= 15 is 0 Å². The summed E-state index contributed by atoms with van der Waals surface area (Å²) >= 11 is 6.68. The lowest BCUT2D eigenvalue weighted by Gasteiger charge is -2.12. The molecule has 0 aliphatic heterocycles. The van der Waals surface area contributed by atoms with E-state index in [2.05, 4.69) is 31.9 Å². The van der Waals surface area contributed by atoms with Crippen molar-refractivity contribution < 1.29 is 14.6 Å². The van der Waals surface area contributed by atoms with Crippen molar-refractivity contribution in [1.82, 2.24) is 0 Å². The third-order valence-corrected chi connectivity index (χ3v) is 3.99. The summed E-state index contributed by atoms with van der Waals surface area (Å²) in [5, 5.41) is 21.2. The van der Waals surface area contributed by atoms with E-state index in [9.17, 15) is 20.2 Å². The Kier molecular flexibility index (Phi) is 6.04. The molecular weight excluding hydrogens is 448 g/mol. The summed E-state index contributed by atoms with van der Waals surface area (Å²) < 4.78 is 7.09. The van der Waals surface area contributed by atoms with Gasteiger partial charge >= 0.3 is 0 Å². The molecule has 124 valence electrons. The second-order valence-electron chi connectivity index (χ2n) is 4.62. The van der Waals surface area contributed by atoms with Crippen LogP contribution in [-0.4, -0.2) is 9.85 Å². The molecule has 0 atom stereocenters. The zero-order chi connectivity index (χ0) is 17.7. The van der Waals surface area contributed by atoms with E-state index in [0.29, 0.717) is 15.8 Å². The van der Waals surface area contributed by atoms with Gasteiger partial charge in [0.15, 0.2) is 0 Å². The summed E-state index contributed by atoms with van der Waals surface area (Å²) in [4.78, 5) is 20.1. The van der Waals surface area contributed by atoms with Crippen LogP contribution < -0.4 is 4.74 Å². The molecule has 0 aliphatic carbocycles. The number of halogens is 2. The van der Waals surface area contributed by atoms with Gasteiger partial charge in [0.25, 0.3) is 5.69 Å². The Morgan fingerprint density at radius 1 is 1.08 bits per heavy atom. The molecule has 0 heterocycles. The first-order valence-electron chi connectivity index (χ1n) is 6.53. The largest absolute Gasteiger partial charge is 0.487 e. The average molecular weight is 458 g/mol. The van der Waals surface area contributed by atoms with Crippen LogP contribution in [0, 0.1) is 20.2 Å². The van der Waals surface area contributed by atoms with Crippen LogP contribution in [0.15, 0.2) is 51.5 Å². The van der Waals surface area contributed by atoms with Gasteiger partial charge in [-0.3, -0.25) is 20.2 Å². The first-order chi connectivity index (χ1) is 11.4. The fourth-order valence-electron chi connectivity index (χ4n) is 1.87. The molecule has 0 saturated heterocycles. The minimum atomic E-state index is -0.561. The van der Waals surface area contributed by atoms with E-state index in [1.165, 1.54) is 18.2 Å². The van der Waals surface area contributed by atoms with Gasteiger partial charge in [-0.15, -0.1) is 0 Å². The lowest BCUT2D eigenvalue weighted by Crippen LogP contribution is -1.99. The lowest BCUT2D eigenvalue weighted by atomic mass is 10.2. The quantitative estimate of drug-likeness (QED) is 0.451. The molecule has 0 saturated carbocycles. The molecule has 2 rings (SSSR count). The van der Waals surface area contributed by atoms with Gasteiger partial charge < -0.3 is 4.74 Å². The predicted octanol–water partition coefficient (Wildman–Crippen LogP) is 4.95. The number of benzene rings is 2. The number of nitro groups is 2. The summed E-state index contributed by atoms with van der Waals surface area (Å²) in [7, 11) is 0. The Bertz CT molecular complexity index is 806. The third-order valence-electron chi connectivity index (χ3n) is 2.94. The number of hydrogen-bond donors (Lipinski definition) is 0. The molecule has 0 N–H and O–H groups in total. The first-order valence-corrected chi connectivity index (χ1v) is 8.12. The van der Waals surface area contributed by atoms with E-state index in [1.807, 2.05) is 0 Å². The third kappa shape index (κ3) is 4.87. The highest BCUT2D eigenvalue weighted by Crippen LogP contribution is 2.34. The van der Waals surface area contributed by atoms with Gasteiger partial charge in [0.1, 0.15) is 12.4 Å². The van der Waals surface area contributed by atoms with Crippen LogP contribution in [0.1, 0.15) is 11.1 Å². The fraction of sp³-hybridized carbons (Fsp3) is 0.0667. The number of hydrogen-bond acceptors (Lipinski definition) is 5. The maximum absolute atomic E-state index is 10.6. The molecule has 24 heavy (non-hydrogen) atoms. The van der Waals surface area contributed by atoms with E-state index in [0.717, 1.165) is 16.2 Å². The molecule has 0 aromatic heterocycles. The number of rotatable bonds is 6. The highest BCUT2D eigenvalue weighted by molar-refractivity contribution is 9.11. The van der Waals surface area contributed by atoms with Gasteiger partial charge in [-0.05, 0) is 45.8 Å². The topological polar surface area (TPSA) is 95.5 Å². The SMILES string of the molecule is O=[N+]([O-])/C=C\c1cc(Br)cc(Br)c1OCc1ccc([N+](=O)[O-])cc1. The van der Waals surface area contributed by atoms with Crippen molar-refractivity contribution in [3.63, 3.8) is 0 Å². The van der Waals surface area contributed by atoms with Gasteiger partial charge in [0, 0.05) is 28.2 Å². The van der Waals surface area contributed by atoms with Crippen molar-refractivity contribution in [2.24, 2.45) is 0 Å². The summed E-state index contributed by atoms with van der Waals surface area (Å²) in [6.45, 7) is 0.164. The maximum atomic E-state index is 10.6. The molecule has 9 heteroatoms. The normalized spacial score (nSPS) is 10.8. The highest BCUT2D eigenvalue weighted by atomic mass is 79.9. The smallest absolute Gasteiger partial charge is 0.269 e. The molecule has 0 fully saturated rings. The molecule has 0 amide bonds. The number of nitrogens with zero attached hydrogens (tertiary/aromatic N) is 2. The monoisotopic (exact) mass is 456 g/mol. The summed E-state index contributed by atoms with van der Waals surface area (Å²) in [5.41, 5.74) is 1.26. The number of ether oxygens (including phenoxy) is 1. The molecular formula is C15H10Br2N2O5. The Labute approximate surface area is 153 Å². The lowest BCUT2D eigenvalue weighted by molar-refractivity contribution is -0.400. The number of nitro benzene ring substituents is 1. The number of non-ortho nitro benzene ring substituents is 1.